The molecule has 0 spiro atoms. The van der Waals surface area contributed by atoms with Gasteiger partial charge in [-0.05, 0) is 24.3 Å². The number of imidazole rings is 1. The smallest absolute Gasteiger partial charge is 0.233 e. The molecule has 23 heavy (non-hydrogen) atoms. The summed E-state index contributed by atoms with van der Waals surface area (Å²) in [5.41, 5.74) is 0. The Balaban J connectivity index is 1.66. The van der Waals surface area contributed by atoms with Crippen LogP contribution in [0.3, 0.4) is 0 Å². The maximum Gasteiger partial charge on any atom is 0.233 e. The Morgan fingerprint density at radius 3 is 2.91 bits per heavy atom. The number of nitrogens with zero attached hydrogens (tertiary/aromatic N) is 3. The number of piperazine rings is 1. The van der Waals surface area contributed by atoms with Crippen molar-refractivity contribution in [3.05, 3.63) is 42.5 Å². The summed E-state index contributed by atoms with van der Waals surface area (Å²) >= 11 is 1.48. The average molecular weight is 332 g/mol. The number of nitrogens with one attached hydrogen (secondary N) is 1. The number of thioether (sulfide) groups is 1. The van der Waals surface area contributed by atoms with Crippen LogP contribution in [-0.4, -0.2) is 50.9 Å². The Labute approximate surface area is 139 Å². The fourth-order valence-electron chi connectivity index (χ4n) is 2.70. The zero-order valence-corrected chi connectivity index (χ0v) is 13.8. The first kappa shape index (κ1) is 15.9. The first-order chi connectivity index (χ1) is 11.1. The van der Waals surface area contributed by atoms with Gasteiger partial charge in [-0.3, -0.25) is 4.79 Å². The fourth-order valence-corrected chi connectivity index (χ4v) is 3.49. The number of phenols is 1. The van der Waals surface area contributed by atoms with Crippen molar-refractivity contribution in [3.8, 4) is 5.75 Å². The first-order valence-corrected chi connectivity index (χ1v) is 8.53. The molecule has 122 valence electrons. The molecule has 0 saturated carbocycles. The minimum Gasteiger partial charge on any atom is -0.508 e. The van der Waals surface area contributed by atoms with Gasteiger partial charge in [0.2, 0.25) is 5.91 Å². The van der Waals surface area contributed by atoms with Crippen LogP contribution in [0.5, 0.6) is 5.75 Å². The molecule has 0 radical (unpaired) electrons. The highest BCUT2D eigenvalue weighted by Crippen LogP contribution is 2.24. The van der Waals surface area contributed by atoms with Crippen molar-refractivity contribution in [2.75, 3.05) is 25.4 Å². The molecule has 6 nitrogen and oxygen atoms in total. The maximum atomic E-state index is 12.6. The molecule has 3 rings (SSSR count). The van der Waals surface area contributed by atoms with Gasteiger partial charge in [-0.1, -0.05) is 0 Å². The van der Waals surface area contributed by atoms with Gasteiger partial charge in [-0.2, -0.15) is 0 Å². The highest BCUT2D eigenvalue weighted by molar-refractivity contribution is 8.00. The van der Waals surface area contributed by atoms with Crippen LogP contribution in [0.1, 0.15) is 11.9 Å². The number of carbonyl (C=O) groups is 1. The molecule has 1 aliphatic rings. The molecule has 7 heteroatoms. The number of carbonyl (C=O) groups excluding carboxylic acids is 1. The summed E-state index contributed by atoms with van der Waals surface area (Å²) in [6.45, 7) is 2.21. The quantitative estimate of drug-likeness (QED) is 0.828. The molecule has 1 aromatic heterocycles. The predicted octanol–water partition coefficient (Wildman–Crippen LogP) is 1.39. The second-order valence-corrected chi connectivity index (χ2v) is 6.53. The largest absolute Gasteiger partial charge is 0.508 e. The van der Waals surface area contributed by atoms with E-state index >= 15 is 0 Å². The van der Waals surface area contributed by atoms with E-state index in [2.05, 4.69) is 10.3 Å². The highest BCUT2D eigenvalue weighted by Gasteiger charge is 2.30. The van der Waals surface area contributed by atoms with E-state index in [1.807, 2.05) is 34.8 Å². The number of aromatic hydroxyl groups is 1. The van der Waals surface area contributed by atoms with E-state index in [-0.39, 0.29) is 17.7 Å². The standard InChI is InChI=1S/C16H20N4O2S/c1-19-8-7-18-16(19)14-10-17-6-9-20(14)15(22)11-23-13-4-2-12(21)3-5-13/h2-5,7-8,14,17,21H,6,9-11H2,1H3. The number of benzene rings is 1. The van der Waals surface area contributed by atoms with Crippen molar-refractivity contribution >= 4 is 17.7 Å². The van der Waals surface area contributed by atoms with Gasteiger partial charge in [0, 0.05) is 44.0 Å². The van der Waals surface area contributed by atoms with Crippen LogP contribution >= 0.6 is 11.8 Å². The third-order valence-electron chi connectivity index (χ3n) is 3.92. The van der Waals surface area contributed by atoms with Crippen molar-refractivity contribution in [3.63, 3.8) is 0 Å². The predicted molar refractivity (Wildman–Crippen MR) is 89.4 cm³/mol. The summed E-state index contributed by atoms with van der Waals surface area (Å²) in [6, 6.07) is 6.88. The minimum atomic E-state index is -0.0309. The van der Waals surface area contributed by atoms with Crippen LogP contribution in [0.2, 0.25) is 0 Å². The normalized spacial score (nSPS) is 18.1. The van der Waals surface area contributed by atoms with Crippen molar-refractivity contribution in [1.82, 2.24) is 19.8 Å². The van der Waals surface area contributed by atoms with E-state index in [0.717, 1.165) is 23.8 Å². The van der Waals surface area contributed by atoms with Crippen LogP contribution < -0.4 is 5.32 Å². The molecule has 1 atom stereocenters. The zero-order chi connectivity index (χ0) is 16.2. The minimum absolute atomic E-state index is 0.0309. The van der Waals surface area contributed by atoms with E-state index in [4.69, 9.17) is 0 Å². The third-order valence-corrected chi connectivity index (χ3v) is 4.92. The summed E-state index contributed by atoms with van der Waals surface area (Å²) in [4.78, 5) is 19.9. The lowest BCUT2D eigenvalue weighted by Crippen LogP contribution is -2.50. The summed E-state index contributed by atoms with van der Waals surface area (Å²) in [7, 11) is 1.95. The molecule has 2 aromatic rings. The highest BCUT2D eigenvalue weighted by atomic mass is 32.2. The molecule has 1 aromatic carbocycles. The van der Waals surface area contributed by atoms with Gasteiger partial charge in [-0.25, -0.2) is 4.98 Å². The van der Waals surface area contributed by atoms with Crippen LogP contribution in [0.25, 0.3) is 0 Å². The number of aryl methyl sites for hydroxylation is 1. The number of hydrogen-bond donors (Lipinski definition) is 2. The lowest BCUT2D eigenvalue weighted by molar-refractivity contribution is -0.131. The molecule has 1 fully saturated rings. The van der Waals surface area contributed by atoms with Gasteiger partial charge in [0.25, 0.3) is 0 Å². The van der Waals surface area contributed by atoms with Crippen molar-refractivity contribution in [1.29, 1.82) is 0 Å². The third kappa shape index (κ3) is 3.68. The van der Waals surface area contributed by atoms with E-state index < -0.39 is 0 Å². The fraction of sp³-hybridized carbons (Fsp3) is 0.375. The summed E-state index contributed by atoms with van der Waals surface area (Å²) in [6.07, 6.45) is 3.66. The number of hydrogen-bond acceptors (Lipinski definition) is 5. The Morgan fingerprint density at radius 2 is 2.22 bits per heavy atom. The van der Waals surface area contributed by atoms with Gasteiger partial charge >= 0.3 is 0 Å². The number of phenolic OH excluding ortho intramolecular Hbond substituents is 1. The Bertz CT molecular complexity index is 671. The topological polar surface area (TPSA) is 70.4 Å². The molecule has 0 aliphatic carbocycles. The molecule has 1 amide bonds. The van der Waals surface area contributed by atoms with Crippen LogP contribution in [0.4, 0.5) is 0 Å². The SMILES string of the molecule is Cn1ccnc1C1CNCCN1C(=O)CSc1ccc(O)cc1. The molecule has 1 aliphatic heterocycles. The molecule has 1 unspecified atom stereocenters. The number of amides is 1. The average Bonchev–Trinajstić information content (AvgIpc) is 3.00. The van der Waals surface area contributed by atoms with Gasteiger partial charge in [0.15, 0.2) is 0 Å². The Hall–Kier alpha value is -1.99. The van der Waals surface area contributed by atoms with Gasteiger partial charge < -0.3 is 19.9 Å². The lowest BCUT2D eigenvalue weighted by Gasteiger charge is -2.35. The van der Waals surface area contributed by atoms with Gasteiger partial charge in [-0.15, -0.1) is 11.8 Å². The van der Waals surface area contributed by atoms with E-state index in [1.54, 1.807) is 18.3 Å². The molecule has 1 saturated heterocycles. The summed E-state index contributed by atoms with van der Waals surface area (Å²) < 4.78 is 1.96. The monoisotopic (exact) mass is 332 g/mol. The van der Waals surface area contributed by atoms with E-state index in [1.165, 1.54) is 11.8 Å². The van der Waals surface area contributed by atoms with E-state index in [0.29, 0.717) is 12.3 Å². The molecule has 2 heterocycles. The number of rotatable bonds is 4. The summed E-state index contributed by atoms with van der Waals surface area (Å²) in [5, 5.41) is 12.6. The van der Waals surface area contributed by atoms with E-state index in [9.17, 15) is 9.90 Å². The molecular formula is C16H20N4O2S. The maximum absolute atomic E-state index is 12.6. The Morgan fingerprint density at radius 1 is 1.43 bits per heavy atom. The van der Waals surface area contributed by atoms with Gasteiger partial charge in [0.1, 0.15) is 17.6 Å². The molecular weight excluding hydrogens is 312 g/mol. The van der Waals surface area contributed by atoms with Crippen molar-refractivity contribution in [2.45, 2.75) is 10.9 Å². The zero-order valence-electron chi connectivity index (χ0n) is 13.0. The van der Waals surface area contributed by atoms with Gasteiger partial charge in [0.05, 0.1) is 5.75 Å². The second kappa shape index (κ2) is 7.06. The van der Waals surface area contributed by atoms with Crippen molar-refractivity contribution < 1.29 is 9.90 Å². The second-order valence-electron chi connectivity index (χ2n) is 5.49. The van der Waals surface area contributed by atoms with Crippen LogP contribution in [-0.2, 0) is 11.8 Å². The van der Waals surface area contributed by atoms with Crippen molar-refractivity contribution in [2.24, 2.45) is 7.05 Å². The molecule has 0 bridgehead atoms. The van der Waals surface area contributed by atoms with Crippen LogP contribution in [0, 0.1) is 0 Å². The molecule has 2 N–H and O–H groups in total. The summed E-state index contributed by atoms with van der Waals surface area (Å²) in [5.74, 6) is 1.63. The Kier molecular flexibility index (Phi) is 4.88. The lowest BCUT2D eigenvalue weighted by atomic mass is 10.1. The number of aromatic nitrogens is 2. The van der Waals surface area contributed by atoms with Crippen LogP contribution in [0.15, 0.2) is 41.6 Å². The first-order valence-electron chi connectivity index (χ1n) is 7.54.